The van der Waals surface area contributed by atoms with E-state index in [-0.39, 0.29) is 0 Å². The molecule has 3 rings (SSSR count). The van der Waals surface area contributed by atoms with Crippen LogP contribution < -0.4 is 11.3 Å². The largest absolute Gasteiger partial charge is 0.376 e. The number of hydrogen-bond donors (Lipinski definition) is 2. The zero-order valence-electron chi connectivity index (χ0n) is 9.46. The number of aromatic nitrogens is 1. The molecule has 1 aliphatic heterocycles. The quantitative estimate of drug-likeness (QED) is 0.615. The van der Waals surface area contributed by atoms with Gasteiger partial charge in [-0.2, -0.15) is 0 Å². The van der Waals surface area contributed by atoms with Gasteiger partial charge in [-0.05, 0) is 6.07 Å². The molecule has 18 heavy (non-hydrogen) atoms. The molecule has 0 saturated carbocycles. The molecule has 0 bridgehead atoms. The first-order valence-electron chi connectivity index (χ1n) is 5.55. The van der Waals surface area contributed by atoms with Crippen molar-refractivity contribution in [3.05, 3.63) is 34.2 Å². The molecule has 0 amide bonds. The number of nitrogens with two attached hydrogens (primary N) is 1. The first-order valence-corrected chi connectivity index (χ1v) is 5.93. The van der Waals surface area contributed by atoms with E-state index in [2.05, 4.69) is 10.4 Å². The lowest BCUT2D eigenvalue weighted by molar-refractivity contribution is 0.110. The molecule has 6 heteroatoms. The summed E-state index contributed by atoms with van der Waals surface area (Å²) in [7, 11) is 0. The number of nitrogens with one attached hydrogen (secondary N) is 1. The summed E-state index contributed by atoms with van der Waals surface area (Å²) in [6.07, 6.45) is 0.689. The van der Waals surface area contributed by atoms with E-state index in [0.29, 0.717) is 41.2 Å². The summed E-state index contributed by atoms with van der Waals surface area (Å²) in [5, 5.41) is 0.920. The Morgan fingerprint density at radius 2 is 2.28 bits per heavy atom. The Morgan fingerprint density at radius 1 is 1.44 bits per heavy atom. The van der Waals surface area contributed by atoms with Crippen LogP contribution >= 0.6 is 11.6 Å². The number of rotatable bonds is 1. The average molecular weight is 268 g/mol. The van der Waals surface area contributed by atoms with Crippen LogP contribution in [0.2, 0.25) is 5.02 Å². The third kappa shape index (κ3) is 1.71. The molecule has 1 aliphatic rings. The summed E-state index contributed by atoms with van der Waals surface area (Å²) in [4.78, 5) is 4.45. The third-order valence-electron chi connectivity index (χ3n) is 3.06. The topological polar surface area (TPSA) is 60.2 Å². The number of ether oxygens (including phenoxy) is 1. The van der Waals surface area contributed by atoms with Crippen LogP contribution in [0.25, 0.3) is 10.9 Å². The Morgan fingerprint density at radius 3 is 3.06 bits per heavy atom. The van der Waals surface area contributed by atoms with Crippen molar-refractivity contribution in [2.24, 2.45) is 5.84 Å². The summed E-state index contributed by atoms with van der Waals surface area (Å²) >= 11 is 6.07. The van der Waals surface area contributed by atoms with Gasteiger partial charge >= 0.3 is 0 Å². The molecular formula is C12H11ClFN3O. The first kappa shape index (κ1) is 11.6. The Balaban J connectivity index is 2.40. The van der Waals surface area contributed by atoms with Gasteiger partial charge in [0.2, 0.25) is 0 Å². The molecule has 3 N–H and O–H groups in total. The van der Waals surface area contributed by atoms with Gasteiger partial charge in [0.25, 0.3) is 0 Å². The van der Waals surface area contributed by atoms with Gasteiger partial charge in [-0.25, -0.2) is 4.39 Å². The van der Waals surface area contributed by atoms with Crippen molar-refractivity contribution >= 4 is 28.2 Å². The Bertz CT molecular complexity index is 632. The molecule has 0 fully saturated rings. The second kappa shape index (κ2) is 4.35. The Kier molecular flexibility index (Phi) is 2.81. The van der Waals surface area contributed by atoms with Crippen LogP contribution in [0.5, 0.6) is 0 Å². The minimum atomic E-state index is -0.407. The van der Waals surface area contributed by atoms with E-state index in [1.807, 2.05) is 0 Å². The number of hydrazine groups is 1. The fourth-order valence-electron chi connectivity index (χ4n) is 2.27. The molecule has 0 radical (unpaired) electrons. The number of anilines is 1. The molecule has 0 saturated heterocycles. The average Bonchev–Trinajstić information content (AvgIpc) is 2.35. The number of benzene rings is 1. The van der Waals surface area contributed by atoms with Crippen molar-refractivity contribution in [1.82, 2.24) is 4.98 Å². The number of hydrogen-bond acceptors (Lipinski definition) is 4. The summed E-state index contributed by atoms with van der Waals surface area (Å²) in [5.74, 6) is 5.15. The first-order chi connectivity index (χ1) is 8.70. The molecular weight excluding hydrogens is 257 g/mol. The molecule has 0 unspecified atom stereocenters. The highest BCUT2D eigenvalue weighted by Gasteiger charge is 2.20. The molecule has 0 spiro atoms. The maximum Gasteiger partial charge on any atom is 0.126 e. The van der Waals surface area contributed by atoms with E-state index in [1.165, 1.54) is 12.1 Å². The minimum Gasteiger partial charge on any atom is -0.376 e. The van der Waals surface area contributed by atoms with E-state index in [1.54, 1.807) is 0 Å². The van der Waals surface area contributed by atoms with Crippen molar-refractivity contribution in [3.8, 4) is 0 Å². The molecule has 4 nitrogen and oxygen atoms in total. The van der Waals surface area contributed by atoms with Crippen LogP contribution in [0.15, 0.2) is 12.1 Å². The van der Waals surface area contributed by atoms with Gasteiger partial charge in [-0.1, -0.05) is 11.6 Å². The molecule has 2 heterocycles. The van der Waals surface area contributed by atoms with Gasteiger partial charge in [0.05, 0.1) is 35.1 Å². The second-order valence-corrected chi connectivity index (χ2v) is 4.55. The highest BCUT2D eigenvalue weighted by atomic mass is 35.5. The van der Waals surface area contributed by atoms with Crippen molar-refractivity contribution in [2.75, 3.05) is 12.0 Å². The second-order valence-electron chi connectivity index (χ2n) is 4.14. The fraction of sp³-hybridized carbons (Fsp3) is 0.250. The van der Waals surface area contributed by atoms with Crippen LogP contribution in [0.3, 0.4) is 0 Å². The lowest BCUT2D eigenvalue weighted by atomic mass is 10.0. The third-order valence-corrected chi connectivity index (χ3v) is 3.36. The van der Waals surface area contributed by atoms with Crippen LogP contribution in [0.1, 0.15) is 11.3 Å². The monoisotopic (exact) mass is 267 g/mol. The lowest BCUT2D eigenvalue weighted by Crippen LogP contribution is -2.18. The van der Waals surface area contributed by atoms with Crippen LogP contribution in [0.4, 0.5) is 10.1 Å². The molecule has 1 aromatic heterocycles. The zero-order chi connectivity index (χ0) is 12.7. The smallest absolute Gasteiger partial charge is 0.126 e. The van der Waals surface area contributed by atoms with Gasteiger partial charge in [0, 0.05) is 23.4 Å². The van der Waals surface area contributed by atoms with E-state index in [0.717, 1.165) is 11.3 Å². The van der Waals surface area contributed by atoms with Crippen LogP contribution in [-0.2, 0) is 17.8 Å². The summed E-state index contributed by atoms with van der Waals surface area (Å²) in [5.41, 5.74) is 5.58. The highest BCUT2D eigenvalue weighted by molar-refractivity contribution is 6.36. The van der Waals surface area contributed by atoms with E-state index < -0.39 is 5.82 Å². The Hall–Kier alpha value is -1.43. The lowest BCUT2D eigenvalue weighted by Gasteiger charge is -2.21. The zero-order valence-corrected chi connectivity index (χ0v) is 10.2. The van der Waals surface area contributed by atoms with E-state index >= 15 is 0 Å². The van der Waals surface area contributed by atoms with Crippen molar-refractivity contribution in [1.29, 1.82) is 0 Å². The number of nitrogen functional groups attached to an aromatic ring is 1. The normalized spacial score (nSPS) is 14.6. The van der Waals surface area contributed by atoms with Gasteiger partial charge in [0.1, 0.15) is 5.82 Å². The number of fused-ring (bicyclic) bond motifs is 2. The van der Waals surface area contributed by atoms with E-state index in [9.17, 15) is 4.39 Å². The van der Waals surface area contributed by atoms with Crippen molar-refractivity contribution < 1.29 is 9.13 Å². The standard InChI is InChI=1S/C12H11ClFN3O/c13-8-3-6(14)4-10-11(8)12(17-15)7-5-18-2-1-9(7)16-10/h3-4H,1-2,5,15H2,(H,16,17). The van der Waals surface area contributed by atoms with Crippen LogP contribution in [0, 0.1) is 5.82 Å². The number of halogens is 2. The van der Waals surface area contributed by atoms with Gasteiger partial charge in [0.15, 0.2) is 0 Å². The highest BCUT2D eigenvalue weighted by Crippen LogP contribution is 2.35. The minimum absolute atomic E-state index is 0.291. The number of pyridine rings is 1. The predicted molar refractivity (Wildman–Crippen MR) is 67.9 cm³/mol. The maximum absolute atomic E-state index is 13.4. The van der Waals surface area contributed by atoms with Crippen LogP contribution in [-0.4, -0.2) is 11.6 Å². The van der Waals surface area contributed by atoms with E-state index in [4.69, 9.17) is 22.2 Å². The Labute approximate surface area is 108 Å². The molecule has 0 atom stereocenters. The predicted octanol–water partition coefficient (Wildman–Crippen LogP) is 2.39. The summed E-state index contributed by atoms with van der Waals surface area (Å²) in [6.45, 7) is 1.05. The van der Waals surface area contributed by atoms with Crippen molar-refractivity contribution in [3.63, 3.8) is 0 Å². The SMILES string of the molecule is NNc1c2c(nc3cc(F)cc(Cl)c13)CCOC2. The van der Waals surface area contributed by atoms with Crippen molar-refractivity contribution in [2.45, 2.75) is 13.0 Å². The fourth-order valence-corrected chi connectivity index (χ4v) is 2.56. The molecule has 0 aliphatic carbocycles. The van der Waals surface area contributed by atoms with Gasteiger partial charge in [-0.15, -0.1) is 0 Å². The molecule has 1 aromatic carbocycles. The molecule has 94 valence electrons. The number of nitrogens with zero attached hydrogens (tertiary/aromatic N) is 1. The van der Waals surface area contributed by atoms with Gasteiger partial charge in [-0.3, -0.25) is 10.8 Å². The van der Waals surface area contributed by atoms with Gasteiger partial charge < -0.3 is 10.2 Å². The summed E-state index contributed by atoms with van der Waals surface area (Å²) < 4.78 is 18.8. The maximum atomic E-state index is 13.4. The summed E-state index contributed by atoms with van der Waals surface area (Å²) in [6, 6.07) is 2.61. The molecule has 2 aromatic rings.